The Labute approximate surface area is 86.6 Å². The molecule has 0 saturated heterocycles. The zero-order chi connectivity index (χ0) is 11.0. The molecule has 2 rings (SSSR count). The molecule has 0 bridgehead atoms. The number of hydrogen-bond donors (Lipinski definition) is 2. The Hall–Kier alpha value is -2.03. The number of carbonyl (C=O) groups is 1. The molecule has 3 nitrogen and oxygen atoms in total. The lowest BCUT2D eigenvalue weighted by Gasteiger charge is -2.03. The first kappa shape index (κ1) is 9.52. The SMILES string of the molecule is Cc1ccc2cc(C(=O)O)c(O)cc2c1. The van der Waals surface area contributed by atoms with E-state index in [2.05, 4.69) is 0 Å². The van der Waals surface area contributed by atoms with Gasteiger partial charge in [0.15, 0.2) is 0 Å². The molecule has 2 N–H and O–H groups in total. The molecule has 0 unspecified atom stereocenters. The molecule has 0 amide bonds. The number of aromatic carboxylic acids is 1. The summed E-state index contributed by atoms with van der Waals surface area (Å²) in [5.74, 6) is -1.31. The summed E-state index contributed by atoms with van der Waals surface area (Å²) in [6.07, 6.45) is 0. The third-order valence-corrected chi connectivity index (χ3v) is 2.34. The lowest BCUT2D eigenvalue weighted by atomic mass is 10.0. The van der Waals surface area contributed by atoms with E-state index < -0.39 is 5.97 Å². The molecule has 15 heavy (non-hydrogen) atoms. The van der Waals surface area contributed by atoms with Crippen LogP contribution >= 0.6 is 0 Å². The highest BCUT2D eigenvalue weighted by molar-refractivity contribution is 5.97. The Balaban J connectivity index is 2.76. The summed E-state index contributed by atoms with van der Waals surface area (Å²) >= 11 is 0. The van der Waals surface area contributed by atoms with Crippen molar-refractivity contribution in [2.75, 3.05) is 0 Å². The maximum absolute atomic E-state index is 10.8. The van der Waals surface area contributed by atoms with E-state index in [0.717, 1.165) is 16.3 Å². The van der Waals surface area contributed by atoms with Crippen LogP contribution in [0.1, 0.15) is 15.9 Å². The summed E-state index contributed by atoms with van der Waals surface area (Å²) in [7, 11) is 0. The molecule has 2 aromatic carbocycles. The van der Waals surface area contributed by atoms with Crippen LogP contribution < -0.4 is 0 Å². The minimum Gasteiger partial charge on any atom is -0.507 e. The predicted molar refractivity (Wildman–Crippen MR) is 57.3 cm³/mol. The average molecular weight is 202 g/mol. The number of fused-ring (bicyclic) bond motifs is 1. The summed E-state index contributed by atoms with van der Waals surface area (Å²) < 4.78 is 0. The second-order valence-corrected chi connectivity index (χ2v) is 3.53. The normalized spacial score (nSPS) is 10.5. The van der Waals surface area contributed by atoms with Gasteiger partial charge in [0.25, 0.3) is 0 Å². The maximum atomic E-state index is 10.8. The van der Waals surface area contributed by atoms with Gasteiger partial charge in [0, 0.05) is 0 Å². The van der Waals surface area contributed by atoms with Gasteiger partial charge in [-0.3, -0.25) is 0 Å². The van der Waals surface area contributed by atoms with E-state index in [1.54, 1.807) is 0 Å². The van der Waals surface area contributed by atoms with E-state index >= 15 is 0 Å². The Morgan fingerprint density at radius 3 is 2.53 bits per heavy atom. The fourth-order valence-electron chi connectivity index (χ4n) is 1.58. The van der Waals surface area contributed by atoms with E-state index in [-0.39, 0.29) is 11.3 Å². The number of hydrogen-bond acceptors (Lipinski definition) is 2. The van der Waals surface area contributed by atoms with Gasteiger partial charge in [-0.1, -0.05) is 23.8 Å². The van der Waals surface area contributed by atoms with Crippen LogP contribution in [0.4, 0.5) is 0 Å². The Bertz CT molecular complexity index is 544. The molecule has 0 saturated carbocycles. The molecule has 3 heteroatoms. The van der Waals surface area contributed by atoms with Crippen LogP contribution in [0.2, 0.25) is 0 Å². The Kier molecular flexibility index (Phi) is 2.08. The van der Waals surface area contributed by atoms with Gasteiger partial charge < -0.3 is 10.2 Å². The molecule has 0 aromatic heterocycles. The largest absolute Gasteiger partial charge is 0.507 e. The van der Waals surface area contributed by atoms with E-state index in [9.17, 15) is 9.90 Å². The van der Waals surface area contributed by atoms with Crippen molar-refractivity contribution in [2.24, 2.45) is 0 Å². The van der Waals surface area contributed by atoms with E-state index in [1.165, 1.54) is 12.1 Å². The molecule has 0 aliphatic carbocycles. The number of carboxylic acid groups (broad SMARTS) is 1. The Morgan fingerprint density at radius 2 is 1.87 bits per heavy atom. The highest BCUT2D eigenvalue weighted by Crippen LogP contribution is 2.25. The van der Waals surface area contributed by atoms with Crippen molar-refractivity contribution in [1.82, 2.24) is 0 Å². The fourth-order valence-corrected chi connectivity index (χ4v) is 1.58. The van der Waals surface area contributed by atoms with Gasteiger partial charge in [0.2, 0.25) is 0 Å². The molecule has 0 fully saturated rings. The molecule has 0 radical (unpaired) electrons. The first-order valence-electron chi connectivity index (χ1n) is 4.54. The van der Waals surface area contributed by atoms with Crippen LogP contribution in [0.5, 0.6) is 5.75 Å². The molecule has 0 heterocycles. The van der Waals surface area contributed by atoms with Gasteiger partial charge in [-0.15, -0.1) is 0 Å². The van der Waals surface area contributed by atoms with Gasteiger partial charge in [-0.25, -0.2) is 4.79 Å². The van der Waals surface area contributed by atoms with Crippen LogP contribution in [0.25, 0.3) is 10.8 Å². The smallest absolute Gasteiger partial charge is 0.339 e. The predicted octanol–water partition coefficient (Wildman–Crippen LogP) is 2.55. The zero-order valence-corrected chi connectivity index (χ0v) is 8.19. The van der Waals surface area contributed by atoms with E-state index in [0.29, 0.717) is 0 Å². The molecule has 0 aliphatic rings. The second-order valence-electron chi connectivity index (χ2n) is 3.53. The standard InChI is InChI=1S/C12H10O3/c1-7-2-3-8-5-10(12(14)15)11(13)6-9(8)4-7/h2-6,13H,1H3,(H,14,15). The minimum atomic E-state index is -1.12. The number of aromatic hydroxyl groups is 1. The third-order valence-electron chi connectivity index (χ3n) is 2.34. The van der Waals surface area contributed by atoms with Crippen LogP contribution in [0.3, 0.4) is 0 Å². The van der Waals surface area contributed by atoms with Gasteiger partial charge in [0.1, 0.15) is 11.3 Å². The van der Waals surface area contributed by atoms with Crippen molar-refractivity contribution in [3.05, 3.63) is 41.5 Å². The number of carboxylic acids is 1. The topological polar surface area (TPSA) is 57.5 Å². The maximum Gasteiger partial charge on any atom is 0.339 e. The van der Waals surface area contributed by atoms with E-state index in [4.69, 9.17) is 5.11 Å². The van der Waals surface area contributed by atoms with Gasteiger partial charge >= 0.3 is 5.97 Å². The monoisotopic (exact) mass is 202 g/mol. The van der Waals surface area contributed by atoms with Gasteiger partial charge in [-0.05, 0) is 29.8 Å². The number of benzene rings is 2. The Morgan fingerprint density at radius 1 is 1.13 bits per heavy atom. The second kappa shape index (κ2) is 3.28. The summed E-state index contributed by atoms with van der Waals surface area (Å²) in [5, 5.41) is 20.0. The van der Waals surface area contributed by atoms with Gasteiger partial charge in [-0.2, -0.15) is 0 Å². The summed E-state index contributed by atoms with van der Waals surface area (Å²) in [6.45, 7) is 1.95. The van der Waals surface area contributed by atoms with Crippen LogP contribution in [0, 0.1) is 6.92 Å². The summed E-state index contributed by atoms with van der Waals surface area (Å²) in [5.41, 5.74) is 1.01. The van der Waals surface area contributed by atoms with Gasteiger partial charge in [0.05, 0.1) is 0 Å². The molecule has 76 valence electrons. The summed E-state index contributed by atoms with van der Waals surface area (Å²) in [4.78, 5) is 10.8. The quantitative estimate of drug-likeness (QED) is 0.747. The lowest BCUT2D eigenvalue weighted by Crippen LogP contribution is -1.96. The average Bonchev–Trinajstić information content (AvgIpc) is 2.15. The zero-order valence-electron chi connectivity index (χ0n) is 8.19. The van der Waals surface area contributed by atoms with Crippen LogP contribution in [0.15, 0.2) is 30.3 Å². The molecular weight excluding hydrogens is 192 g/mol. The van der Waals surface area contributed by atoms with Crippen molar-refractivity contribution in [1.29, 1.82) is 0 Å². The molecule has 0 spiro atoms. The van der Waals surface area contributed by atoms with Crippen molar-refractivity contribution in [3.8, 4) is 5.75 Å². The minimum absolute atomic E-state index is 0.0636. The van der Waals surface area contributed by atoms with Crippen molar-refractivity contribution < 1.29 is 15.0 Å². The first-order chi connectivity index (χ1) is 7.08. The summed E-state index contributed by atoms with van der Waals surface area (Å²) in [6, 6.07) is 8.61. The highest BCUT2D eigenvalue weighted by atomic mass is 16.4. The number of phenols is 1. The van der Waals surface area contributed by atoms with Crippen LogP contribution in [-0.2, 0) is 0 Å². The molecular formula is C12H10O3. The lowest BCUT2D eigenvalue weighted by molar-refractivity contribution is 0.0694. The molecule has 0 atom stereocenters. The number of rotatable bonds is 1. The number of aryl methyl sites for hydroxylation is 1. The first-order valence-corrected chi connectivity index (χ1v) is 4.54. The third kappa shape index (κ3) is 1.64. The molecule has 2 aromatic rings. The van der Waals surface area contributed by atoms with Crippen molar-refractivity contribution in [3.63, 3.8) is 0 Å². The molecule has 0 aliphatic heterocycles. The van der Waals surface area contributed by atoms with Crippen molar-refractivity contribution >= 4 is 16.7 Å². The van der Waals surface area contributed by atoms with Crippen LogP contribution in [-0.4, -0.2) is 16.2 Å². The highest BCUT2D eigenvalue weighted by Gasteiger charge is 2.10. The fraction of sp³-hybridized carbons (Fsp3) is 0.0833. The van der Waals surface area contributed by atoms with Crippen molar-refractivity contribution in [2.45, 2.75) is 6.92 Å². The van der Waals surface area contributed by atoms with E-state index in [1.807, 2.05) is 25.1 Å².